The zero-order valence-corrected chi connectivity index (χ0v) is 23.1. The number of rotatable bonds is 6. The van der Waals surface area contributed by atoms with E-state index >= 15 is 0 Å². The lowest BCUT2D eigenvalue weighted by atomic mass is 9.71. The number of aliphatic hydroxyl groups is 1. The second-order valence-corrected chi connectivity index (χ2v) is 11.5. The molecule has 1 N–H and O–H groups in total. The molecule has 0 unspecified atom stereocenters. The number of amides is 1. The molecule has 2 heterocycles. The van der Waals surface area contributed by atoms with Crippen LogP contribution >= 0.6 is 0 Å². The number of piperidine rings is 1. The summed E-state index contributed by atoms with van der Waals surface area (Å²) < 4.78 is 11.9. The summed E-state index contributed by atoms with van der Waals surface area (Å²) in [5.41, 5.74) is 5.23. The third kappa shape index (κ3) is 5.24. The van der Waals surface area contributed by atoms with E-state index in [9.17, 15) is 14.7 Å². The van der Waals surface area contributed by atoms with Gasteiger partial charge in [0.2, 0.25) is 5.91 Å². The highest BCUT2D eigenvalue weighted by atomic mass is 16.5. The Morgan fingerprint density at radius 1 is 1.08 bits per heavy atom. The Bertz CT molecular complexity index is 1400. The quantitative estimate of drug-likeness (QED) is 0.425. The SMILES string of the molecule is Cc1cc(C)cc(COc2ccc3c(C)c(CCC(=O)N4CC[C@@]5(O)CCCC[C@H]5C4)c(=O)oc3c2C)c1. The van der Waals surface area contributed by atoms with Crippen LogP contribution in [0.2, 0.25) is 0 Å². The number of hydrogen-bond acceptors (Lipinski definition) is 5. The van der Waals surface area contributed by atoms with Gasteiger partial charge in [-0.15, -0.1) is 0 Å². The first-order valence-corrected chi connectivity index (χ1v) is 13.9. The van der Waals surface area contributed by atoms with Crippen LogP contribution in [0.4, 0.5) is 0 Å². The number of benzene rings is 2. The minimum absolute atomic E-state index is 0.0443. The molecule has 1 aliphatic carbocycles. The van der Waals surface area contributed by atoms with E-state index < -0.39 is 11.2 Å². The Balaban J connectivity index is 1.29. The molecule has 2 fully saturated rings. The molecule has 2 aliphatic rings. The Morgan fingerprint density at radius 2 is 1.84 bits per heavy atom. The molecule has 0 spiro atoms. The van der Waals surface area contributed by atoms with Crippen LogP contribution in [0.25, 0.3) is 11.0 Å². The van der Waals surface area contributed by atoms with Crippen LogP contribution in [0.1, 0.15) is 71.9 Å². The van der Waals surface area contributed by atoms with Crippen LogP contribution in [-0.2, 0) is 17.8 Å². The van der Waals surface area contributed by atoms with Crippen LogP contribution < -0.4 is 10.4 Å². The Labute approximate surface area is 224 Å². The van der Waals surface area contributed by atoms with Gasteiger partial charge in [0.15, 0.2) is 0 Å². The summed E-state index contributed by atoms with van der Waals surface area (Å²) in [5, 5.41) is 11.8. The normalized spacial score (nSPS) is 21.4. The summed E-state index contributed by atoms with van der Waals surface area (Å²) in [6.07, 6.45) is 5.25. The summed E-state index contributed by atoms with van der Waals surface area (Å²) in [7, 11) is 0. The van der Waals surface area contributed by atoms with E-state index in [-0.39, 0.29) is 18.2 Å². The fourth-order valence-electron chi connectivity index (χ4n) is 6.52. The summed E-state index contributed by atoms with van der Waals surface area (Å²) in [6, 6.07) is 10.2. The van der Waals surface area contributed by atoms with Crippen molar-refractivity contribution in [3.63, 3.8) is 0 Å². The first-order chi connectivity index (χ1) is 18.1. The van der Waals surface area contributed by atoms with E-state index in [1.165, 1.54) is 11.1 Å². The molecule has 3 aromatic rings. The molecule has 6 heteroatoms. The molecule has 1 amide bonds. The number of hydrogen-bond donors (Lipinski definition) is 1. The van der Waals surface area contributed by atoms with E-state index in [0.717, 1.165) is 47.8 Å². The summed E-state index contributed by atoms with van der Waals surface area (Å²) >= 11 is 0. The van der Waals surface area contributed by atoms with E-state index in [1.54, 1.807) is 0 Å². The van der Waals surface area contributed by atoms with Crippen LogP contribution in [0.3, 0.4) is 0 Å². The molecule has 1 aromatic heterocycles. The number of ether oxygens (including phenoxy) is 1. The molecule has 1 saturated heterocycles. The van der Waals surface area contributed by atoms with Crippen LogP contribution in [0, 0.1) is 33.6 Å². The third-order valence-electron chi connectivity index (χ3n) is 8.70. The van der Waals surface area contributed by atoms with Gasteiger partial charge in [-0.25, -0.2) is 4.79 Å². The lowest BCUT2D eigenvalue weighted by molar-refractivity contribution is -0.143. The zero-order valence-electron chi connectivity index (χ0n) is 23.1. The fourth-order valence-corrected chi connectivity index (χ4v) is 6.52. The van der Waals surface area contributed by atoms with E-state index in [4.69, 9.17) is 9.15 Å². The predicted molar refractivity (Wildman–Crippen MR) is 149 cm³/mol. The van der Waals surface area contributed by atoms with Crippen molar-refractivity contribution >= 4 is 16.9 Å². The highest BCUT2D eigenvalue weighted by Gasteiger charge is 2.43. The van der Waals surface area contributed by atoms with Crippen molar-refractivity contribution < 1.29 is 19.1 Å². The summed E-state index contributed by atoms with van der Waals surface area (Å²) in [5.74, 6) is 0.897. The van der Waals surface area contributed by atoms with E-state index in [0.29, 0.717) is 49.4 Å². The number of likely N-dealkylation sites (tertiary alicyclic amines) is 1. The molecule has 0 radical (unpaired) electrons. The van der Waals surface area contributed by atoms with Crippen LogP contribution in [0.5, 0.6) is 5.75 Å². The maximum Gasteiger partial charge on any atom is 0.339 e. The van der Waals surface area contributed by atoms with E-state index in [1.807, 2.05) is 30.9 Å². The molecule has 202 valence electrons. The highest BCUT2D eigenvalue weighted by Crippen LogP contribution is 2.40. The molecular weight excluding hydrogens is 478 g/mol. The lowest BCUT2D eigenvalue weighted by Gasteiger charge is -2.47. The Kier molecular flexibility index (Phi) is 7.36. The average molecular weight is 518 g/mol. The lowest BCUT2D eigenvalue weighted by Crippen LogP contribution is -2.54. The highest BCUT2D eigenvalue weighted by molar-refractivity contribution is 5.86. The van der Waals surface area contributed by atoms with Gasteiger partial charge in [-0.2, -0.15) is 0 Å². The standard InChI is InChI=1S/C32H39NO5/c1-20-15-21(2)17-24(16-20)19-37-28-10-8-26-22(3)27(31(35)38-30(26)23(28)4)9-11-29(34)33-14-13-32(36)12-6-5-7-25(32)18-33/h8,10,15-17,25,36H,5-7,9,11-14,18-19H2,1-4H3/t25-,32-/m0/s1. The minimum Gasteiger partial charge on any atom is -0.488 e. The van der Waals surface area contributed by atoms with Gasteiger partial charge in [0.05, 0.1) is 5.60 Å². The largest absolute Gasteiger partial charge is 0.488 e. The third-order valence-corrected chi connectivity index (χ3v) is 8.70. The summed E-state index contributed by atoms with van der Waals surface area (Å²) in [4.78, 5) is 28.0. The molecule has 2 aromatic carbocycles. The van der Waals surface area contributed by atoms with Crippen molar-refractivity contribution in [3.05, 3.63) is 74.1 Å². The first-order valence-electron chi connectivity index (χ1n) is 13.9. The van der Waals surface area contributed by atoms with Crippen molar-refractivity contribution in [1.82, 2.24) is 4.90 Å². The van der Waals surface area contributed by atoms with Gasteiger partial charge in [-0.1, -0.05) is 42.2 Å². The van der Waals surface area contributed by atoms with Crippen LogP contribution in [-0.4, -0.2) is 34.6 Å². The van der Waals surface area contributed by atoms with Gasteiger partial charge in [-0.3, -0.25) is 4.79 Å². The van der Waals surface area contributed by atoms with Gasteiger partial charge < -0.3 is 19.2 Å². The topological polar surface area (TPSA) is 80.0 Å². The zero-order chi connectivity index (χ0) is 27.0. The number of aryl methyl sites for hydroxylation is 4. The van der Waals surface area contributed by atoms with Crippen molar-refractivity contribution in [2.75, 3.05) is 13.1 Å². The first kappa shape index (κ1) is 26.5. The van der Waals surface area contributed by atoms with Crippen molar-refractivity contribution in [2.24, 2.45) is 5.92 Å². The smallest absolute Gasteiger partial charge is 0.339 e. The maximum absolute atomic E-state index is 13.1. The summed E-state index contributed by atoms with van der Waals surface area (Å²) in [6.45, 7) is 9.62. The minimum atomic E-state index is -0.607. The molecule has 38 heavy (non-hydrogen) atoms. The van der Waals surface area contributed by atoms with E-state index in [2.05, 4.69) is 32.0 Å². The van der Waals surface area contributed by atoms with Crippen molar-refractivity contribution in [3.8, 4) is 5.75 Å². The Morgan fingerprint density at radius 3 is 2.61 bits per heavy atom. The monoisotopic (exact) mass is 517 g/mol. The maximum atomic E-state index is 13.1. The van der Waals surface area contributed by atoms with Gasteiger partial charge in [0.1, 0.15) is 17.9 Å². The molecule has 1 aliphatic heterocycles. The second-order valence-electron chi connectivity index (χ2n) is 11.5. The van der Waals surface area contributed by atoms with Gasteiger partial charge in [0.25, 0.3) is 0 Å². The number of carbonyl (C=O) groups excluding carboxylic acids is 1. The van der Waals surface area contributed by atoms with Crippen LogP contribution in [0.15, 0.2) is 39.5 Å². The van der Waals surface area contributed by atoms with Gasteiger partial charge >= 0.3 is 5.63 Å². The molecule has 0 bridgehead atoms. The number of fused-ring (bicyclic) bond motifs is 2. The molecule has 2 atom stereocenters. The second kappa shape index (κ2) is 10.6. The fraction of sp³-hybridized carbons (Fsp3) is 0.500. The Hall–Kier alpha value is -3.12. The molecule has 5 rings (SSSR count). The van der Waals surface area contributed by atoms with Gasteiger partial charge in [0, 0.05) is 41.9 Å². The molecule has 1 saturated carbocycles. The van der Waals surface area contributed by atoms with Gasteiger partial charge in [-0.05, 0) is 76.6 Å². The predicted octanol–water partition coefficient (Wildman–Crippen LogP) is 5.69. The van der Waals surface area contributed by atoms with Crippen molar-refractivity contribution in [1.29, 1.82) is 0 Å². The number of nitrogens with zero attached hydrogens (tertiary/aromatic N) is 1. The van der Waals surface area contributed by atoms with Crippen molar-refractivity contribution in [2.45, 2.75) is 84.8 Å². The number of carbonyl (C=O) groups is 1. The molecule has 6 nitrogen and oxygen atoms in total. The average Bonchev–Trinajstić information content (AvgIpc) is 2.87. The molecular formula is C32H39NO5.